The van der Waals surface area contributed by atoms with Gasteiger partial charge >= 0.3 is 0 Å². The van der Waals surface area contributed by atoms with Gasteiger partial charge in [-0.2, -0.15) is 0 Å². The first-order valence-corrected chi connectivity index (χ1v) is 6.79. The van der Waals surface area contributed by atoms with Crippen LogP contribution in [-0.4, -0.2) is 24.0 Å². The van der Waals surface area contributed by atoms with E-state index in [1.54, 1.807) is 6.07 Å². The molecule has 1 fully saturated rings. The van der Waals surface area contributed by atoms with E-state index < -0.39 is 0 Å². The molecule has 1 aromatic rings. The maximum Gasteiger partial charge on any atom is 0.0474 e. The fourth-order valence-corrected chi connectivity index (χ4v) is 3.19. The lowest BCUT2D eigenvalue weighted by atomic mass is 10.0. The molecule has 0 bridgehead atoms. The molecule has 0 amide bonds. The topological polar surface area (TPSA) is 29.3 Å². The van der Waals surface area contributed by atoms with Crippen LogP contribution in [0, 0.1) is 0 Å². The van der Waals surface area contributed by atoms with Crippen LogP contribution in [0.2, 0.25) is 10.0 Å². The van der Waals surface area contributed by atoms with Gasteiger partial charge in [0.15, 0.2) is 0 Å². The monoisotopic (exact) mass is 272 g/mol. The third-order valence-electron chi connectivity index (χ3n) is 3.50. The summed E-state index contributed by atoms with van der Waals surface area (Å²) in [5, 5.41) is 1.36. The van der Waals surface area contributed by atoms with Crippen LogP contribution in [0.4, 0.5) is 0 Å². The van der Waals surface area contributed by atoms with Crippen molar-refractivity contribution >= 4 is 23.2 Å². The summed E-state index contributed by atoms with van der Waals surface area (Å²) in [7, 11) is 0. The minimum atomic E-state index is 0.226. The summed E-state index contributed by atoms with van der Waals surface area (Å²) in [5.41, 5.74) is 7.04. The highest BCUT2D eigenvalue weighted by molar-refractivity contribution is 6.34. The summed E-state index contributed by atoms with van der Waals surface area (Å²) < 4.78 is 0. The molecular formula is C13H18Cl2N2. The van der Waals surface area contributed by atoms with E-state index in [-0.39, 0.29) is 6.04 Å². The Bertz CT molecular complexity index is 375. The summed E-state index contributed by atoms with van der Waals surface area (Å²) in [6, 6.07) is 6.50. The average Bonchev–Trinajstić information content (AvgIpc) is 2.65. The molecule has 2 unspecified atom stereocenters. The summed E-state index contributed by atoms with van der Waals surface area (Å²) in [6.07, 6.45) is 2.48. The van der Waals surface area contributed by atoms with Crippen molar-refractivity contribution in [2.45, 2.75) is 31.8 Å². The van der Waals surface area contributed by atoms with Crippen molar-refractivity contribution in [1.29, 1.82) is 0 Å². The van der Waals surface area contributed by atoms with Crippen molar-refractivity contribution in [2.75, 3.05) is 13.1 Å². The van der Waals surface area contributed by atoms with E-state index in [0.717, 1.165) is 12.1 Å². The molecule has 0 aromatic heterocycles. The van der Waals surface area contributed by atoms with Crippen LogP contribution in [0.1, 0.15) is 31.4 Å². The zero-order chi connectivity index (χ0) is 12.4. The van der Waals surface area contributed by atoms with Crippen LogP contribution in [0.3, 0.4) is 0 Å². The Labute approximate surface area is 113 Å². The highest BCUT2D eigenvalue weighted by Gasteiger charge is 2.28. The predicted molar refractivity (Wildman–Crippen MR) is 73.7 cm³/mol. The van der Waals surface area contributed by atoms with Crippen molar-refractivity contribution in [1.82, 2.24) is 4.90 Å². The lowest BCUT2D eigenvalue weighted by molar-refractivity contribution is 0.195. The van der Waals surface area contributed by atoms with Gasteiger partial charge in [-0.3, -0.25) is 4.90 Å². The van der Waals surface area contributed by atoms with Crippen molar-refractivity contribution in [3.05, 3.63) is 33.8 Å². The van der Waals surface area contributed by atoms with Crippen molar-refractivity contribution in [2.24, 2.45) is 5.73 Å². The number of nitrogens with zero attached hydrogens (tertiary/aromatic N) is 1. The second kappa shape index (κ2) is 5.57. The zero-order valence-electron chi connectivity index (χ0n) is 10.00. The number of likely N-dealkylation sites (tertiary alicyclic amines) is 1. The average molecular weight is 273 g/mol. The molecular weight excluding hydrogens is 255 g/mol. The van der Waals surface area contributed by atoms with Gasteiger partial charge in [-0.05, 0) is 50.1 Å². The molecule has 1 heterocycles. The molecule has 1 aromatic carbocycles. The fraction of sp³-hybridized carbons (Fsp3) is 0.538. The highest BCUT2D eigenvalue weighted by Crippen LogP contribution is 2.31. The maximum atomic E-state index is 6.05. The van der Waals surface area contributed by atoms with Crippen molar-refractivity contribution in [3.8, 4) is 0 Å². The summed E-state index contributed by atoms with van der Waals surface area (Å²) in [5.74, 6) is 0. The highest BCUT2D eigenvalue weighted by atomic mass is 35.5. The van der Waals surface area contributed by atoms with Gasteiger partial charge in [0.25, 0.3) is 0 Å². The van der Waals surface area contributed by atoms with Gasteiger partial charge < -0.3 is 5.73 Å². The molecule has 0 spiro atoms. The molecule has 1 saturated heterocycles. The van der Waals surface area contributed by atoms with Crippen molar-refractivity contribution < 1.29 is 0 Å². The molecule has 94 valence electrons. The van der Waals surface area contributed by atoms with Crippen LogP contribution < -0.4 is 5.73 Å². The van der Waals surface area contributed by atoms with Crippen molar-refractivity contribution in [3.63, 3.8) is 0 Å². The van der Waals surface area contributed by atoms with Gasteiger partial charge in [0, 0.05) is 28.7 Å². The molecule has 2 rings (SSSR count). The Kier molecular flexibility index (Phi) is 4.31. The lowest BCUT2D eigenvalue weighted by Crippen LogP contribution is -2.36. The van der Waals surface area contributed by atoms with Gasteiger partial charge in [-0.1, -0.05) is 23.2 Å². The van der Waals surface area contributed by atoms with Crippen LogP contribution in [-0.2, 0) is 0 Å². The van der Waals surface area contributed by atoms with E-state index in [1.165, 1.54) is 12.8 Å². The Morgan fingerprint density at radius 2 is 2.00 bits per heavy atom. The molecule has 1 aliphatic rings. The standard InChI is InChI=1S/C13H18Cl2N2/c1-9-3-2-4-17(9)13(8-16)10-5-11(14)7-12(15)6-10/h5-7,9,13H,2-4,8,16H2,1H3. The van der Waals surface area contributed by atoms with E-state index in [4.69, 9.17) is 28.9 Å². The molecule has 1 aliphatic heterocycles. The SMILES string of the molecule is CC1CCCN1C(CN)c1cc(Cl)cc(Cl)c1. The third-order valence-corrected chi connectivity index (χ3v) is 3.93. The Morgan fingerprint density at radius 1 is 1.35 bits per heavy atom. The second-order valence-corrected chi connectivity index (χ2v) is 5.56. The number of hydrogen-bond donors (Lipinski definition) is 1. The quantitative estimate of drug-likeness (QED) is 0.913. The maximum absolute atomic E-state index is 6.05. The van der Waals surface area contributed by atoms with Crippen LogP contribution in [0.5, 0.6) is 0 Å². The number of nitrogens with two attached hydrogens (primary N) is 1. The van der Waals surface area contributed by atoms with E-state index in [0.29, 0.717) is 22.6 Å². The molecule has 2 N–H and O–H groups in total. The summed E-state index contributed by atoms with van der Waals surface area (Å²) in [6.45, 7) is 3.95. The van der Waals surface area contributed by atoms with E-state index >= 15 is 0 Å². The van der Waals surface area contributed by atoms with Crippen LogP contribution in [0.25, 0.3) is 0 Å². The summed E-state index contributed by atoms with van der Waals surface area (Å²) >= 11 is 12.1. The third kappa shape index (κ3) is 2.94. The number of hydrogen-bond acceptors (Lipinski definition) is 2. The van der Waals surface area contributed by atoms with Crippen LogP contribution in [0.15, 0.2) is 18.2 Å². The van der Waals surface area contributed by atoms with Gasteiger partial charge in [-0.25, -0.2) is 0 Å². The number of halogens is 2. The van der Waals surface area contributed by atoms with Gasteiger partial charge in [0.1, 0.15) is 0 Å². The largest absolute Gasteiger partial charge is 0.329 e. The minimum Gasteiger partial charge on any atom is -0.329 e. The Morgan fingerprint density at radius 3 is 2.47 bits per heavy atom. The van der Waals surface area contributed by atoms with Crippen LogP contribution >= 0.6 is 23.2 Å². The summed E-state index contributed by atoms with van der Waals surface area (Å²) in [4.78, 5) is 2.45. The Hall–Kier alpha value is -0.280. The van der Waals surface area contributed by atoms with Gasteiger partial charge in [0.05, 0.1) is 0 Å². The Balaban J connectivity index is 2.28. The number of rotatable bonds is 3. The molecule has 2 nitrogen and oxygen atoms in total. The molecule has 17 heavy (non-hydrogen) atoms. The predicted octanol–water partition coefficient (Wildman–Crippen LogP) is 3.48. The zero-order valence-corrected chi connectivity index (χ0v) is 11.5. The first kappa shape index (κ1) is 13.2. The molecule has 0 saturated carbocycles. The van der Waals surface area contributed by atoms with E-state index in [9.17, 15) is 0 Å². The van der Waals surface area contributed by atoms with Gasteiger partial charge in [0.2, 0.25) is 0 Å². The van der Waals surface area contributed by atoms with E-state index in [1.807, 2.05) is 12.1 Å². The second-order valence-electron chi connectivity index (χ2n) is 4.68. The smallest absolute Gasteiger partial charge is 0.0474 e. The molecule has 0 radical (unpaired) electrons. The van der Waals surface area contributed by atoms with E-state index in [2.05, 4.69) is 11.8 Å². The van der Waals surface area contributed by atoms with Gasteiger partial charge in [-0.15, -0.1) is 0 Å². The molecule has 2 atom stereocenters. The first-order valence-electron chi connectivity index (χ1n) is 6.03. The number of benzene rings is 1. The lowest BCUT2D eigenvalue weighted by Gasteiger charge is -2.31. The first-order chi connectivity index (χ1) is 8.11. The molecule has 0 aliphatic carbocycles. The molecule has 4 heteroatoms. The minimum absolute atomic E-state index is 0.226. The fourth-order valence-electron chi connectivity index (χ4n) is 2.65. The normalized spacial score (nSPS) is 22.9.